The topological polar surface area (TPSA) is 88.8 Å². The molecule has 0 spiro atoms. The van der Waals surface area contributed by atoms with Gasteiger partial charge in [0.2, 0.25) is 11.7 Å². The van der Waals surface area contributed by atoms with Gasteiger partial charge in [0.05, 0.1) is 5.25 Å². The van der Waals surface area contributed by atoms with Crippen molar-refractivity contribution in [2.45, 2.75) is 23.7 Å². The summed E-state index contributed by atoms with van der Waals surface area (Å²) in [6.07, 6.45) is 0.754. The highest BCUT2D eigenvalue weighted by molar-refractivity contribution is 8.00. The fraction of sp³-hybridized carbons (Fsp3) is 0.500. The van der Waals surface area contributed by atoms with E-state index in [2.05, 4.69) is 5.32 Å². The number of rotatable bonds is 8. The second-order valence-electron chi connectivity index (χ2n) is 3.82. The molecule has 1 amide bonds. The Morgan fingerprint density at radius 2 is 2.26 bits per heavy atom. The van der Waals surface area contributed by atoms with Gasteiger partial charge in [-0.1, -0.05) is 11.8 Å². The van der Waals surface area contributed by atoms with Crippen LogP contribution in [0.1, 0.15) is 23.9 Å². The molecule has 1 aromatic rings. The monoisotopic (exact) mass is 287 g/mol. The van der Waals surface area contributed by atoms with Crippen LogP contribution in [0, 0.1) is 0 Å². The van der Waals surface area contributed by atoms with Crippen LogP contribution in [0.4, 0.5) is 0 Å². The Bertz CT molecular complexity index is 432. The molecule has 1 heterocycles. The normalized spacial score (nSPS) is 12.1. The molecule has 0 radical (unpaired) electrons. The van der Waals surface area contributed by atoms with E-state index >= 15 is 0 Å². The Hall–Kier alpha value is -1.47. The van der Waals surface area contributed by atoms with Crippen molar-refractivity contribution >= 4 is 23.6 Å². The minimum absolute atomic E-state index is 0.116. The lowest BCUT2D eigenvalue weighted by Gasteiger charge is -2.10. The molecule has 7 heteroatoms. The number of aromatic carboxylic acids is 1. The minimum Gasteiger partial charge on any atom is -0.475 e. The van der Waals surface area contributed by atoms with Crippen molar-refractivity contribution in [1.29, 1.82) is 0 Å². The van der Waals surface area contributed by atoms with E-state index in [1.165, 1.54) is 17.8 Å². The Morgan fingerprint density at radius 1 is 1.53 bits per heavy atom. The average molecular weight is 287 g/mol. The lowest BCUT2D eigenvalue weighted by atomic mass is 10.4. The molecule has 2 N–H and O–H groups in total. The third-order valence-corrected chi connectivity index (χ3v) is 3.30. The minimum atomic E-state index is -1.12. The van der Waals surface area contributed by atoms with Crippen LogP contribution in [0.3, 0.4) is 0 Å². The maximum Gasteiger partial charge on any atom is 0.371 e. The highest BCUT2D eigenvalue weighted by atomic mass is 32.2. The maximum atomic E-state index is 11.7. The van der Waals surface area contributed by atoms with Crippen molar-refractivity contribution in [2.24, 2.45) is 0 Å². The summed E-state index contributed by atoms with van der Waals surface area (Å²) in [6, 6.07) is 2.91. The number of ether oxygens (including phenoxy) is 1. The Balaban J connectivity index is 2.38. The number of hydrogen-bond acceptors (Lipinski definition) is 5. The van der Waals surface area contributed by atoms with Gasteiger partial charge < -0.3 is 19.6 Å². The molecule has 0 aromatic carbocycles. The fourth-order valence-electron chi connectivity index (χ4n) is 1.30. The Labute approximate surface area is 115 Å². The predicted molar refractivity (Wildman–Crippen MR) is 70.5 cm³/mol. The molecule has 0 fully saturated rings. The van der Waals surface area contributed by atoms with E-state index in [4.69, 9.17) is 14.3 Å². The zero-order valence-corrected chi connectivity index (χ0v) is 11.7. The van der Waals surface area contributed by atoms with Gasteiger partial charge in [-0.05, 0) is 25.5 Å². The van der Waals surface area contributed by atoms with E-state index in [1.807, 2.05) is 0 Å². The van der Waals surface area contributed by atoms with Crippen LogP contribution in [-0.4, -0.2) is 42.5 Å². The molecule has 0 bridgehead atoms. The molecule has 0 aliphatic heterocycles. The second kappa shape index (κ2) is 7.85. The quantitative estimate of drug-likeness (QED) is 0.558. The first-order valence-electron chi connectivity index (χ1n) is 5.81. The number of carboxylic acid groups (broad SMARTS) is 1. The number of methoxy groups -OCH3 is 1. The largest absolute Gasteiger partial charge is 0.475 e. The predicted octanol–water partition coefficient (Wildman–Crippen LogP) is 1.61. The number of carbonyl (C=O) groups is 2. The van der Waals surface area contributed by atoms with Crippen LogP contribution in [0.2, 0.25) is 0 Å². The molecule has 1 atom stereocenters. The zero-order chi connectivity index (χ0) is 14.3. The van der Waals surface area contributed by atoms with E-state index in [-0.39, 0.29) is 16.9 Å². The summed E-state index contributed by atoms with van der Waals surface area (Å²) >= 11 is 1.18. The van der Waals surface area contributed by atoms with Crippen LogP contribution in [-0.2, 0) is 9.53 Å². The molecule has 6 nitrogen and oxygen atoms in total. The van der Waals surface area contributed by atoms with E-state index in [0.717, 1.165) is 6.42 Å². The molecule has 0 aliphatic rings. The summed E-state index contributed by atoms with van der Waals surface area (Å²) in [4.78, 5) is 22.4. The first kappa shape index (κ1) is 15.6. The lowest BCUT2D eigenvalue weighted by Crippen LogP contribution is -2.32. The molecular weight excluding hydrogens is 270 g/mol. The summed E-state index contributed by atoms with van der Waals surface area (Å²) in [5, 5.41) is 11.5. The third kappa shape index (κ3) is 5.35. The van der Waals surface area contributed by atoms with Gasteiger partial charge in [0.1, 0.15) is 0 Å². The highest BCUT2D eigenvalue weighted by Crippen LogP contribution is 2.25. The maximum absolute atomic E-state index is 11.7. The molecule has 1 rings (SSSR count). The van der Waals surface area contributed by atoms with Crippen LogP contribution >= 0.6 is 11.8 Å². The molecular formula is C12H17NO5S. The van der Waals surface area contributed by atoms with Crippen molar-refractivity contribution in [3.05, 3.63) is 17.9 Å². The van der Waals surface area contributed by atoms with Gasteiger partial charge >= 0.3 is 5.97 Å². The van der Waals surface area contributed by atoms with Gasteiger partial charge in [-0.3, -0.25) is 4.79 Å². The van der Waals surface area contributed by atoms with Crippen molar-refractivity contribution in [2.75, 3.05) is 20.3 Å². The average Bonchev–Trinajstić information content (AvgIpc) is 2.83. The van der Waals surface area contributed by atoms with E-state index in [1.54, 1.807) is 20.1 Å². The molecule has 19 heavy (non-hydrogen) atoms. The van der Waals surface area contributed by atoms with Crippen molar-refractivity contribution in [1.82, 2.24) is 5.32 Å². The van der Waals surface area contributed by atoms with Crippen LogP contribution in [0.5, 0.6) is 0 Å². The summed E-state index contributed by atoms with van der Waals surface area (Å²) in [7, 11) is 1.61. The van der Waals surface area contributed by atoms with Gasteiger partial charge in [-0.2, -0.15) is 0 Å². The number of thioether (sulfide) groups is 1. The van der Waals surface area contributed by atoms with E-state index < -0.39 is 5.97 Å². The van der Waals surface area contributed by atoms with Crippen LogP contribution in [0.15, 0.2) is 21.6 Å². The van der Waals surface area contributed by atoms with Gasteiger partial charge in [-0.15, -0.1) is 0 Å². The standard InChI is InChI=1S/C12H17NO5S/c1-8(11(14)13-6-3-7-17-2)19-10-5-4-9(18-10)12(15)16/h4-5,8H,3,6-7H2,1-2H3,(H,13,14)(H,15,16). The van der Waals surface area contributed by atoms with Crippen LogP contribution < -0.4 is 5.32 Å². The zero-order valence-electron chi connectivity index (χ0n) is 10.8. The second-order valence-corrected chi connectivity index (χ2v) is 5.17. The smallest absolute Gasteiger partial charge is 0.371 e. The number of carbonyl (C=O) groups excluding carboxylic acids is 1. The van der Waals surface area contributed by atoms with Crippen molar-refractivity contribution in [3.63, 3.8) is 0 Å². The number of nitrogens with one attached hydrogen (secondary N) is 1. The number of carboxylic acids is 1. The molecule has 0 saturated carbocycles. The summed E-state index contributed by atoms with van der Waals surface area (Å²) in [5.41, 5.74) is 0. The molecule has 106 valence electrons. The van der Waals surface area contributed by atoms with Gasteiger partial charge in [0.25, 0.3) is 0 Å². The highest BCUT2D eigenvalue weighted by Gasteiger charge is 2.17. The van der Waals surface area contributed by atoms with Gasteiger partial charge in [-0.25, -0.2) is 4.79 Å². The van der Waals surface area contributed by atoms with E-state index in [9.17, 15) is 9.59 Å². The molecule has 1 aromatic heterocycles. The Kier molecular flexibility index (Phi) is 6.44. The Morgan fingerprint density at radius 3 is 2.84 bits per heavy atom. The number of furan rings is 1. The molecule has 0 aliphatic carbocycles. The first-order valence-corrected chi connectivity index (χ1v) is 6.69. The van der Waals surface area contributed by atoms with E-state index in [0.29, 0.717) is 18.2 Å². The fourth-order valence-corrected chi connectivity index (χ4v) is 2.12. The molecule has 0 saturated heterocycles. The van der Waals surface area contributed by atoms with Crippen molar-refractivity contribution in [3.8, 4) is 0 Å². The van der Waals surface area contributed by atoms with Gasteiger partial charge in [0, 0.05) is 20.3 Å². The summed E-state index contributed by atoms with van der Waals surface area (Å²) in [5.74, 6) is -1.37. The lowest BCUT2D eigenvalue weighted by molar-refractivity contribution is -0.120. The first-order chi connectivity index (χ1) is 9.04. The number of amides is 1. The van der Waals surface area contributed by atoms with Gasteiger partial charge in [0.15, 0.2) is 5.09 Å². The van der Waals surface area contributed by atoms with Crippen LogP contribution in [0.25, 0.3) is 0 Å². The summed E-state index contributed by atoms with van der Waals surface area (Å²) in [6.45, 7) is 2.89. The molecule has 1 unspecified atom stereocenters. The summed E-state index contributed by atoms with van der Waals surface area (Å²) < 4.78 is 9.95. The van der Waals surface area contributed by atoms with Crippen molar-refractivity contribution < 1.29 is 23.8 Å². The SMILES string of the molecule is COCCCNC(=O)C(C)Sc1ccc(C(=O)O)o1. The third-order valence-electron chi connectivity index (χ3n) is 2.28. The number of hydrogen-bond donors (Lipinski definition) is 2.